The lowest BCUT2D eigenvalue weighted by atomic mass is 9.86. The summed E-state index contributed by atoms with van der Waals surface area (Å²) in [5, 5.41) is 9.86. The minimum absolute atomic E-state index is 0.00373. The van der Waals surface area contributed by atoms with Crippen molar-refractivity contribution in [1.29, 1.82) is 0 Å². The highest BCUT2D eigenvalue weighted by Gasteiger charge is 2.37. The number of carboxylic acids is 1. The van der Waals surface area contributed by atoms with Crippen molar-refractivity contribution in [2.45, 2.75) is 85.8 Å². The third-order valence-corrected chi connectivity index (χ3v) is 5.51. The van der Waals surface area contributed by atoms with Crippen LogP contribution >= 0.6 is 0 Å². The molecule has 1 rings (SSSR count). The summed E-state index contributed by atoms with van der Waals surface area (Å²) in [6, 6.07) is 4.43. The Morgan fingerprint density at radius 2 is 1.49 bits per heavy atom. The minimum Gasteiger partial charge on any atom is -0.480 e. The fourth-order valence-corrected chi connectivity index (χ4v) is 3.13. The van der Waals surface area contributed by atoms with Crippen LogP contribution in [0.25, 0.3) is 0 Å². The molecule has 35 heavy (non-hydrogen) atoms. The molecule has 1 aromatic rings. The second kappa shape index (κ2) is 13.2. The second-order valence-electron chi connectivity index (χ2n) is 9.79. The van der Waals surface area contributed by atoms with Crippen LogP contribution in [0.2, 0.25) is 0 Å². The molecular weight excluding hydrogens is 454 g/mol. The molecule has 0 aliphatic carbocycles. The maximum atomic E-state index is 12.2. The number of hydrogen-bond donors (Lipinski definition) is 2. The Balaban J connectivity index is 3.15. The van der Waals surface area contributed by atoms with Gasteiger partial charge >= 0.3 is 23.9 Å². The van der Waals surface area contributed by atoms with Crippen LogP contribution in [-0.4, -0.2) is 40.6 Å². The van der Waals surface area contributed by atoms with Gasteiger partial charge in [0.15, 0.2) is 11.5 Å². The first-order valence-corrected chi connectivity index (χ1v) is 12.0. The number of aliphatic carboxylic acids is 1. The van der Waals surface area contributed by atoms with Gasteiger partial charge in [0.05, 0.1) is 11.8 Å². The Morgan fingerprint density at radius 1 is 0.943 bits per heavy atom. The normalized spacial score (nSPS) is 14.7. The van der Waals surface area contributed by atoms with E-state index in [0.29, 0.717) is 5.56 Å². The molecule has 3 atom stereocenters. The van der Waals surface area contributed by atoms with Gasteiger partial charge in [0.1, 0.15) is 11.6 Å². The number of carbonyl (C=O) groups is 4. The highest BCUT2D eigenvalue weighted by molar-refractivity contribution is 5.80. The smallest absolute Gasteiger partial charge is 0.324 e. The molecule has 0 spiro atoms. The van der Waals surface area contributed by atoms with Gasteiger partial charge in [-0.3, -0.25) is 19.2 Å². The first-order chi connectivity index (χ1) is 16.2. The van der Waals surface area contributed by atoms with E-state index in [1.165, 1.54) is 12.1 Å². The quantitative estimate of drug-likeness (QED) is 0.309. The van der Waals surface area contributed by atoms with Gasteiger partial charge in [0, 0.05) is 19.3 Å². The van der Waals surface area contributed by atoms with Gasteiger partial charge in [0.2, 0.25) is 0 Å². The van der Waals surface area contributed by atoms with Crippen molar-refractivity contribution in [2.75, 3.05) is 0 Å². The van der Waals surface area contributed by atoms with E-state index >= 15 is 0 Å². The zero-order valence-electron chi connectivity index (χ0n) is 21.8. The lowest BCUT2D eigenvalue weighted by Crippen LogP contribution is -2.52. The largest absolute Gasteiger partial charge is 0.480 e. The zero-order chi connectivity index (χ0) is 26.9. The topological polar surface area (TPSA) is 142 Å². The van der Waals surface area contributed by atoms with E-state index in [9.17, 15) is 24.3 Å². The molecule has 0 aliphatic heterocycles. The number of hydrogen-bond acceptors (Lipinski definition) is 8. The maximum absolute atomic E-state index is 12.2. The Labute approximate surface area is 207 Å². The molecule has 2 unspecified atom stereocenters. The van der Waals surface area contributed by atoms with E-state index in [1.54, 1.807) is 40.7 Å². The van der Waals surface area contributed by atoms with Gasteiger partial charge in [-0.05, 0) is 30.5 Å². The fraction of sp³-hybridized carbons (Fsp3) is 0.615. The molecule has 0 saturated carbocycles. The van der Waals surface area contributed by atoms with Crippen LogP contribution in [0.1, 0.15) is 73.3 Å². The molecule has 3 N–H and O–H groups in total. The number of rotatable bonds is 13. The average molecular weight is 494 g/mol. The molecule has 0 aromatic heterocycles. The van der Waals surface area contributed by atoms with E-state index in [1.807, 2.05) is 13.8 Å². The Morgan fingerprint density at radius 3 is 1.97 bits per heavy atom. The Bertz CT molecular complexity index is 911. The van der Waals surface area contributed by atoms with Crippen LogP contribution in [-0.2, 0) is 30.3 Å². The van der Waals surface area contributed by atoms with E-state index in [4.69, 9.17) is 19.9 Å². The van der Waals surface area contributed by atoms with Crippen LogP contribution in [0, 0.1) is 17.8 Å². The van der Waals surface area contributed by atoms with E-state index in [-0.39, 0.29) is 36.7 Å². The molecule has 1 aromatic carbocycles. The molecule has 0 fully saturated rings. The highest BCUT2D eigenvalue weighted by atomic mass is 16.6. The van der Waals surface area contributed by atoms with Crippen molar-refractivity contribution >= 4 is 23.9 Å². The summed E-state index contributed by atoms with van der Waals surface area (Å²) < 4.78 is 16.1. The third-order valence-electron chi connectivity index (χ3n) is 5.51. The van der Waals surface area contributed by atoms with Gasteiger partial charge in [-0.15, -0.1) is 0 Å². The van der Waals surface area contributed by atoms with E-state index in [0.717, 1.165) is 6.42 Å². The number of esters is 3. The van der Waals surface area contributed by atoms with Gasteiger partial charge in [-0.1, -0.05) is 54.0 Å². The van der Waals surface area contributed by atoms with Gasteiger partial charge in [-0.2, -0.15) is 0 Å². The summed E-state index contributed by atoms with van der Waals surface area (Å²) in [7, 11) is 0. The molecular formula is C26H39NO8. The predicted octanol–water partition coefficient (Wildman–Crippen LogP) is 3.89. The molecule has 0 aliphatic rings. The van der Waals surface area contributed by atoms with Crippen LogP contribution in [0.3, 0.4) is 0 Å². The van der Waals surface area contributed by atoms with Crippen molar-refractivity contribution in [3.05, 3.63) is 23.8 Å². The Hall–Kier alpha value is -2.94. The predicted molar refractivity (Wildman–Crippen MR) is 130 cm³/mol. The van der Waals surface area contributed by atoms with Crippen molar-refractivity contribution < 1.29 is 38.5 Å². The molecule has 0 heterocycles. The first kappa shape index (κ1) is 30.1. The number of benzene rings is 1. The molecule has 196 valence electrons. The molecule has 9 nitrogen and oxygen atoms in total. The summed E-state index contributed by atoms with van der Waals surface area (Å²) >= 11 is 0. The highest BCUT2D eigenvalue weighted by Crippen LogP contribution is 2.32. The first-order valence-electron chi connectivity index (χ1n) is 12.0. The van der Waals surface area contributed by atoms with Crippen LogP contribution < -0.4 is 15.2 Å². The molecule has 0 bridgehead atoms. The SMILES string of the molecule is CCC(C)CC(=O)O[C@@H](C)CC(N)(Cc1ccc(OC(=O)C(C)C)c(OC(=O)C(C)C)c1)C(=O)O. The van der Waals surface area contributed by atoms with Crippen molar-refractivity contribution in [1.82, 2.24) is 0 Å². The van der Waals surface area contributed by atoms with Crippen LogP contribution in [0.5, 0.6) is 11.5 Å². The standard InChI is InChI=1S/C26H39NO8/c1-8-17(6)11-22(28)33-18(7)13-26(27,25(31)32)14-19-9-10-20(34-23(29)15(2)3)21(12-19)35-24(30)16(4)5/h9-10,12,15-18H,8,11,13-14,27H2,1-7H3,(H,31,32)/t17?,18-,26?/m0/s1. The number of nitrogens with two attached hydrogens (primary N) is 1. The van der Waals surface area contributed by atoms with Crippen molar-refractivity contribution in [3.63, 3.8) is 0 Å². The summed E-state index contributed by atoms with van der Waals surface area (Å²) in [6.45, 7) is 12.2. The molecule has 0 radical (unpaired) electrons. The summed E-state index contributed by atoms with van der Waals surface area (Å²) in [5.41, 5.74) is 4.94. The number of carbonyl (C=O) groups excluding carboxylic acids is 3. The maximum Gasteiger partial charge on any atom is 0.324 e. The van der Waals surface area contributed by atoms with E-state index in [2.05, 4.69) is 0 Å². The van der Waals surface area contributed by atoms with E-state index < -0.39 is 47.4 Å². The monoisotopic (exact) mass is 493 g/mol. The van der Waals surface area contributed by atoms with Gasteiger partial charge < -0.3 is 25.1 Å². The van der Waals surface area contributed by atoms with Gasteiger partial charge in [0.25, 0.3) is 0 Å². The van der Waals surface area contributed by atoms with Crippen molar-refractivity contribution in [3.8, 4) is 11.5 Å². The fourth-order valence-electron chi connectivity index (χ4n) is 3.13. The zero-order valence-corrected chi connectivity index (χ0v) is 21.8. The second-order valence-corrected chi connectivity index (χ2v) is 9.79. The Kier molecular flexibility index (Phi) is 11.4. The molecule has 0 saturated heterocycles. The molecule has 9 heteroatoms. The minimum atomic E-state index is -1.76. The van der Waals surface area contributed by atoms with Crippen molar-refractivity contribution in [2.24, 2.45) is 23.5 Å². The summed E-state index contributed by atoms with van der Waals surface area (Å²) in [5.74, 6) is -3.36. The lowest BCUT2D eigenvalue weighted by molar-refractivity contribution is -0.154. The molecule has 0 amide bonds. The lowest BCUT2D eigenvalue weighted by Gasteiger charge is -2.28. The average Bonchev–Trinajstić information content (AvgIpc) is 2.74. The van der Waals surface area contributed by atoms with Gasteiger partial charge in [-0.25, -0.2) is 0 Å². The number of carboxylic acid groups (broad SMARTS) is 1. The van der Waals surface area contributed by atoms with Crippen LogP contribution in [0.4, 0.5) is 0 Å². The van der Waals surface area contributed by atoms with Crippen LogP contribution in [0.15, 0.2) is 18.2 Å². The summed E-state index contributed by atoms with van der Waals surface area (Å²) in [6.07, 6.45) is 0.0790. The summed E-state index contributed by atoms with van der Waals surface area (Å²) in [4.78, 5) is 48.5. The third kappa shape index (κ3) is 9.68. The number of ether oxygens (including phenoxy) is 3.